The number of pyridine rings is 1. The van der Waals surface area contributed by atoms with Gasteiger partial charge in [0.25, 0.3) is 0 Å². The second-order valence-corrected chi connectivity index (χ2v) is 7.20. The molecule has 0 saturated carbocycles. The number of fused-ring (bicyclic) bond motifs is 1. The molecular weight excluding hydrogens is 439 g/mol. The van der Waals surface area contributed by atoms with Gasteiger partial charge in [-0.3, -0.25) is 5.32 Å². The van der Waals surface area contributed by atoms with E-state index in [2.05, 4.69) is 20.6 Å². The minimum atomic E-state index is -0.814. The number of rotatable bonds is 5. The highest BCUT2D eigenvalue weighted by molar-refractivity contribution is 5.98. The molecule has 34 heavy (non-hydrogen) atoms. The lowest BCUT2D eigenvalue weighted by Gasteiger charge is -2.27. The number of nitrogens with two attached hydrogens (primary N) is 2. The molecule has 0 bridgehead atoms. The quantitative estimate of drug-likeness (QED) is 0.332. The number of nitriles is 2. The van der Waals surface area contributed by atoms with Crippen LogP contribution in [0.1, 0.15) is 28.3 Å². The Labute approximate surface area is 194 Å². The summed E-state index contributed by atoms with van der Waals surface area (Å²) in [5, 5.41) is 24.0. The van der Waals surface area contributed by atoms with Crippen LogP contribution in [0.4, 0.5) is 21.7 Å². The van der Waals surface area contributed by atoms with Crippen molar-refractivity contribution in [3.8, 4) is 23.8 Å². The van der Waals surface area contributed by atoms with E-state index >= 15 is 0 Å². The molecule has 1 unspecified atom stereocenters. The first-order valence-electron chi connectivity index (χ1n) is 9.99. The van der Waals surface area contributed by atoms with Crippen molar-refractivity contribution in [1.29, 1.82) is 10.5 Å². The molecule has 3 aromatic rings. The van der Waals surface area contributed by atoms with Gasteiger partial charge in [0.05, 0.1) is 12.8 Å². The van der Waals surface area contributed by atoms with Gasteiger partial charge in [-0.05, 0) is 23.8 Å². The number of nitrogen functional groups attached to an aromatic ring is 2. The fraction of sp³-hybridized carbons (Fsp3) is 0.130. The van der Waals surface area contributed by atoms with Crippen LogP contribution in [0.3, 0.4) is 0 Å². The molecule has 2 aromatic carbocycles. The molecule has 4 rings (SSSR count). The summed E-state index contributed by atoms with van der Waals surface area (Å²) in [7, 11) is 1.50. The minimum Gasteiger partial charge on any atom is -0.493 e. The summed E-state index contributed by atoms with van der Waals surface area (Å²) >= 11 is 0. The number of hydrogen-bond donors (Lipinski definition) is 4. The van der Waals surface area contributed by atoms with E-state index in [1.165, 1.54) is 19.2 Å². The number of halogens is 1. The van der Waals surface area contributed by atoms with E-state index in [0.717, 1.165) is 5.56 Å². The van der Waals surface area contributed by atoms with Gasteiger partial charge in [0.2, 0.25) is 5.96 Å². The van der Waals surface area contributed by atoms with E-state index in [4.69, 9.17) is 26.2 Å². The Morgan fingerprint density at radius 3 is 2.62 bits per heavy atom. The first-order valence-corrected chi connectivity index (χ1v) is 9.99. The van der Waals surface area contributed by atoms with Crippen molar-refractivity contribution in [1.82, 2.24) is 10.3 Å². The highest BCUT2D eigenvalue weighted by Gasteiger charge is 2.32. The fourth-order valence-corrected chi connectivity index (χ4v) is 3.61. The van der Waals surface area contributed by atoms with Crippen LogP contribution in [0.15, 0.2) is 47.5 Å². The van der Waals surface area contributed by atoms with Crippen LogP contribution in [0.5, 0.6) is 11.5 Å². The zero-order valence-corrected chi connectivity index (χ0v) is 18.0. The lowest BCUT2D eigenvalue weighted by Crippen LogP contribution is -2.33. The maximum atomic E-state index is 13.3. The number of hydrogen-bond acceptors (Lipinski definition) is 10. The summed E-state index contributed by atoms with van der Waals surface area (Å²) in [6, 6.07) is 12.3. The second kappa shape index (κ2) is 9.22. The molecule has 0 saturated heterocycles. The maximum absolute atomic E-state index is 13.3. The van der Waals surface area contributed by atoms with Gasteiger partial charge >= 0.3 is 0 Å². The number of para-hydroxylation sites is 1. The van der Waals surface area contributed by atoms with E-state index in [9.17, 15) is 9.65 Å². The van der Waals surface area contributed by atoms with Gasteiger partial charge in [0, 0.05) is 11.1 Å². The third-order valence-corrected chi connectivity index (χ3v) is 5.18. The van der Waals surface area contributed by atoms with Crippen molar-refractivity contribution in [2.24, 2.45) is 4.99 Å². The van der Waals surface area contributed by atoms with E-state index < -0.39 is 6.04 Å². The summed E-state index contributed by atoms with van der Waals surface area (Å²) in [5.74, 6) is 0.744. The van der Waals surface area contributed by atoms with Gasteiger partial charge in [0.15, 0.2) is 17.7 Å². The molecule has 6 N–H and O–H groups in total. The summed E-state index contributed by atoms with van der Waals surface area (Å²) in [6.45, 7) is 0.122. The third kappa shape index (κ3) is 4.06. The predicted octanol–water partition coefficient (Wildman–Crippen LogP) is 2.79. The van der Waals surface area contributed by atoms with E-state index in [-0.39, 0.29) is 41.3 Å². The molecule has 2 heterocycles. The Morgan fingerprint density at radius 2 is 1.94 bits per heavy atom. The smallest absolute Gasteiger partial charge is 0.211 e. The number of nitrogens with one attached hydrogen (secondary N) is 2. The lowest BCUT2D eigenvalue weighted by molar-refractivity contribution is 0.280. The third-order valence-electron chi connectivity index (χ3n) is 5.18. The monoisotopic (exact) mass is 458 g/mol. The van der Waals surface area contributed by atoms with Crippen LogP contribution >= 0.6 is 0 Å². The lowest BCUT2D eigenvalue weighted by atomic mass is 9.94. The van der Waals surface area contributed by atoms with Crippen LogP contribution in [0, 0.1) is 28.6 Å². The Morgan fingerprint density at radius 1 is 1.18 bits per heavy atom. The Balaban J connectivity index is 1.85. The maximum Gasteiger partial charge on any atom is 0.211 e. The Kier molecular flexibility index (Phi) is 6.01. The van der Waals surface area contributed by atoms with E-state index in [1.807, 2.05) is 12.3 Å². The molecule has 0 aliphatic carbocycles. The minimum absolute atomic E-state index is 0.0223. The van der Waals surface area contributed by atoms with Crippen molar-refractivity contribution in [2.75, 3.05) is 23.9 Å². The summed E-state index contributed by atoms with van der Waals surface area (Å²) < 4.78 is 24.9. The molecule has 1 aromatic heterocycles. The molecule has 1 aliphatic heterocycles. The number of methoxy groups -OCH3 is 1. The Hall–Kier alpha value is -5.03. The normalized spacial score (nSPS) is 14.0. The molecule has 11 heteroatoms. The summed E-state index contributed by atoms with van der Waals surface area (Å²) in [4.78, 5) is 8.82. The molecule has 1 aliphatic rings. The fourth-order valence-electron chi connectivity index (χ4n) is 3.61. The molecule has 1 atom stereocenters. The van der Waals surface area contributed by atoms with Crippen molar-refractivity contribution < 1.29 is 13.9 Å². The average Bonchev–Trinajstić information content (AvgIpc) is 2.83. The van der Waals surface area contributed by atoms with E-state index in [0.29, 0.717) is 22.6 Å². The zero-order chi connectivity index (χ0) is 24.2. The number of benzene rings is 2. The standard InChI is InChI=1S/C23H19FN8O2/c1-33-16-4-2-3-14(20(16)34-10-12-5-7-13(24)8-6-12)19-17-18(27)15(9-25)21(28)31-22(17)32-23(30-19)29-11-26/h2-8,19H,10H2,1H3,(H6,27,28,29,30,31,32). The van der Waals surface area contributed by atoms with E-state index in [1.54, 1.807) is 30.3 Å². The SMILES string of the molecule is COc1cccc(C2N=C(NC#N)Nc3nc(N)c(C#N)c(N)c32)c1OCc1ccc(F)cc1. The number of nitrogens with zero attached hydrogens (tertiary/aromatic N) is 4. The molecule has 0 fully saturated rings. The molecule has 170 valence electrons. The number of aliphatic imine (C=N–C) groups is 1. The molecule has 0 spiro atoms. The van der Waals surface area contributed by atoms with Crippen LogP contribution in [0.25, 0.3) is 0 Å². The molecule has 0 radical (unpaired) electrons. The van der Waals surface area contributed by atoms with Crippen LogP contribution in [0.2, 0.25) is 0 Å². The van der Waals surface area contributed by atoms with Crippen LogP contribution in [-0.4, -0.2) is 18.1 Å². The molecule has 0 amide bonds. The number of guanidine groups is 1. The highest BCUT2D eigenvalue weighted by atomic mass is 19.1. The second-order valence-electron chi connectivity index (χ2n) is 7.20. The van der Waals surface area contributed by atoms with Crippen molar-refractivity contribution in [3.05, 3.63) is 70.5 Å². The van der Waals surface area contributed by atoms with Crippen molar-refractivity contribution in [3.63, 3.8) is 0 Å². The first-order chi connectivity index (χ1) is 16.5. The van der Waals surface area contributed by atoms with Gasteiger partial charge < -0.3 is 26.3 Å². The van der Waals surface area contributed by atoms with Crippen molar-refractivity contribution >= 4 is 23.3 Å². The highest BCUT2D eigenvalue weighted by Crippen LogP contribution is 2.45. The average molecular weight is 458 g/mol. The van der Waals surface area contributed by atoms with Gasteiger partial charge in [-0.1, -0.05) is 24.3 Å². The molecular formula is C23H19FN8O2. The van der Waals surface area contributed by atoms with Gasteiger partial charge in [-0.2, -0.15) is 10.5 Å². The van der Waals surface area contributed by atoms with Gasteiger partial charge in [0.1, 0.15) is 41.7 Å². The predicted molar refractivity (Wildman–Crippen MR) is 123 cm³/mol. The largest absolute Gasteiger partial charge is 0.493 e. The summed E-state index contributed by atoms with van der Waals surface area (Å²) in [5.41, 5.74) is 14.0. The molecule has 10 nitrogen and oxygen atoms in total. The van der Waals surface area contributed by atoms with Crippen molar-refractivity contribution in [2.45, 2.75) is 12.6 Å². The summed E-state index contributed by atoms with van der Waals surface area (Å²) in [6.07, 6.45) is 1.81. The number of aromatic nitrogens is 1. The number of ether oxygens (including phenoxy) is 2. The first kappa shape index (κ1) is 22.2. The topological polar surface area (TPSA) is 167 Å². The van der Waals surface area contributed by atoms with Gasteiger partial charge in [-0.15, -0.1) is 0 Å². The zero-order valence-electron chi connectivity index (χ0n) is 18.0. The number of anilines is 3. The van der Waals surface area contributed by atoms with Crippen LogP contribution < -0.4 is 31.6 Å². The Bertz CT molecular complexity index is 1360. The van der Waals surface area contributed by atoms with Crippen LogP contribution in [-0.2, 0) is 6.61 Å². The van der Waals surface area contributed by atoms with Gasteiger partial charge in [-0.25, -0.2) is 14.4 Å².